The van der Waals surface area contributed by atoms with E-state index in [1.54, 1.807) is 0 Å². The molecule has 0 amide bonds. The number of rotatable bonds is 6. The molecule has 4 nitrogen and oxygen atoms in total. The van der Waals surface area contributed by atoms with Crippen LogP contribution in [0.2, 0.25) is 0 Å². The Morgan fingerprint density at radius 1 is 0.462 bits per heavy atom. The maximum absolute atomic E-state index is 13.1. The lowest BCUT2D eigenvalue weighted by Crippen LogP contribution is -2.55. The van der Waals surface area contributed by atoms with Gasteiger partial charge in [0.15, 0.2) is 0 Å². The average molecular weight is 575 g/mol. The SMILES string of the molecule is CC(C)(C)c1ccc(C(O)(c2ccc(C(C)(C)C)cc2C(C)(C)C)C(CO)(CO)CO)c(C(C)(C)C)c1.[P].[P]. The number of aliphatic hydroxyl groups excluding tert-OH is 3. The Labute approximate surface area is 245 Å². The molecule has 6 radical (unpaired) electrons. The van der Waals surface area contributed by atoms with Crippen LogP contribution in [0.5, 0.6) is 0 Å². The van der Waals surface area contributed by atoms with Gasteiger partial charge in [-0.15, -0.1) is 0 Å². The highest BCUT2D eigenvalue weighted by atomic mass is 31.0. The first-order valence-corrected chi connectivity index (χ1v) is 13.5. The molecule has 218 valence electrons. The van der Waals surface area contributed by atoms with Gasteiger partial charge in [0, 0.05) is 19.8 Å². The maximum Gasteiger partial charge on any atom is 0.127 e. The minimum Gasteiger partial charge on any atom is -0.395 e. The first kappa shape index (κ1) is 38.1. The van der Waals surface area contributed by atoms with Crippen molar-refractivity contribution in [2.24, 2.45) is 5.41 Å². The second-order valence-electron chi connectivity index (χ2n) is 15.0. The first-order valence-electron chi connectivity index (χ1n) is 13.5. The number of hydrogen-bond acceptors (Lipinski definition) is 4. The van der Waals surface area contributed by atoms with Crippen molar-refractivity contribution in [1.29, 1.82) is 0 Å². The zero-order valence-electron chi connectivity index (χ0n) is 26.3. The second-order valence-corrected chi connectivity index (χ2v) is 15.0. The molecule has 2 rings (SSSR count). The third-order valence-corrected chi connectivity index (χ3v) is 7.84. The molecule has 2 aromatic carbocycles. The van der Waals surface area contributed by atoms with Gasteiger partial charge in [0.25, 0.3) is 0 Å². The van der Waals surface area contributed by atoms with Crippen molar-refractivity contribution in [3.63, 3.8) is 0 Å². The van der Waals surface area contributed by atoms with Gasteiger partial charge in [-0.25, -0.2) is 0 Å². The standard InChI is InChI=1S/C33H52O4.2P/c1-28(2,3)22-13-15-24(26(17-22)30(7,8)9)33(37,32(19-34,20-35)21-36)25-16-14-23(29(4,5)6)18-27(25)31(10,11)12;;/h13-18,34-37H,19-21H2,1-12H3;;. The molecule has 0 saturated carbocycles. The van der Waals surface area contributed by atoms with Gasteiger partial charge < -0.3 is 20.4 Å². The Kier molecular flexibility index (Phi) is 12.3. The van der Waals surface area contributed by atoms with Crippen LogP contribution in [0, 0.1) is 5.41 Å². The quantitative estimate of drug-likeness (QED) is 0.266. The van der Waals surface area contributed by atoms with E-state index in [1.807, 2.05) is 24.3 Å². The Hall–Kier alpha value is -0.860. The Balaban J connectivity index is 0.00000722. The second kappa shape index (κ2) is 12.6. The van der Waals surface area contributed by atoms with Crippen LogP contribution >= 0.6 is 19.8 Å². The van der Waals surface area contributed by atoms with Crippen molar-refractivity contribution in [2.45, 2.75) is 110 Å². The average Bonchev–Trinajstić information content (AvgIpc) is 2.77. The van der Waals surface area contributed by atoms with Crippen molar-refractivity contribution >= 4 is 19.8 Å². The fourth-order valence-electron chi connectivity index (χ4n) is 5.10. The van der Waals surface area contributed by atoms with Crippen molar-refractivity contribution < 1.29 is 20.4 Å². The Morgan fingerprint density at radius 2 is 0.744 bits per heavy atom. The minimum absolute atomic E-state index is 0. The van der Waals surface area contributed by atoms with Crippen molar-refractivity contribution in [1.82, 2.24) is 0 Å². The zero-order valence-corrected chi connectivity index (χ0v) is 28.1. The molecule has 0 aliphatic rings. The van der Waals surface area contributed by atoms with Gasteiger partial charge in [-0.2, -0.15) is 0 Å². The molecule has 0 atom stereocenters. The number of benzene rings is 2. The molecule has 6 heteroatoms. The van der Waals surface area contributed by atoms with Gasteiger partial charge in [0.05, 0.1) is 25.2 Å². The largest absolute Gasteiger partial charge is 0.395 e. The summed E-state index contributed by atoms with van der Waals surface area (Å²) in [5.41, 5.74) is 0.863. The summed E-state index contributed by atoms with van der Waals surface area (Å²) in [6.07, 6.45) is 0. The van der Waals surface area contributed by atoms with E-state index in [9.17, 15) is 20.4 Å². The molecular formula is C33H52O4P2. The Bertz CT molecular complexity index is 1010. The van der Waals surface area contributed by atoms with E-state index in [0.717, 1.165) is 22.3 Å². The van der Waals surface area contributed by atoms with Gasteiger partial charge in [0.1, 0.15) is 5.60 Å². The van der Waals surface area contributed by atoms with Gasteiger partial charge in [-0.05, 0) is 55.0 Å². The summed E-state index contributed by atoms with van der Waals surface area (Å²) in [6.45, 7) is 23.8. The van der Waals surface area contributed by atoms with Crippen LogP contribution in [-0.4, -0.2) is 40.2 Å². The maximum atomic E-state index is 13.1. The third-order valence-electron chi connectivity index (χ3n) is 7.84. The number of hydrogen-bond donors (Lipinski definition) is 4. The van der Waals surface area contributed by atoms with Crippen LogP contribution in [0.3, 0.4) is 0 Å². The summed E-state index contributed by atoms with van der Waals surface area (Å²) in [5, 5.41) is 45.2. The summed E-state index contributed by atoms with van der Waals surface area (Å²) < 4.78 is 0. The molecule has 39 heavy (non-hydrogen) atoms. The molecule has 0 unspecified atom stereocenters. The lowest BCUT2D eigenvalue weighted by molar-refractivity contribution is -0.137. The van der Waals surface area contributed by atoms with Crippen molar-refractivity contribution in [3.05, 3.63) is 69.8 Å². The van der Waals surface area contributed by atoms with Crippen LogP contribution in [-0.2, 0) is 27.3 Å². The van der Waals surface area contributed by atoms with E-state index in [-0.39, 0.29) is 41.5 Å². The van der Waals surface area contributed by atoms with E-state index in [1.165, 1.54) is 0 Å². The number of aliphatic hydroxyl groups is 4. The molecular weight excluding hydrogens is 522 g/mol. The molecule has 0 fully saturated rings. The predicted octanol–water partition coefficient (Wildman–Crippen LogP) is 7.80. The van der Waals surface area contributed by atoms with Crippen molar-refractivity contribution in [2.75, 3.05) is 19.8 Å². The van der Waals surface area contributed by atoms with Gasteiger partial charge in [-0.1, -0.05) is 119 Å². The Morgan fingerprint density at radius 3 is 0.949 bits per heavy atom. The van der Waals surface area contributed by atoms with Crippen LogP contribution in [0.15, 0.2) is 36.4 Å². The fraction of sp³-hybridized carbons (Fsp3) is 0.636. The predicted molar refractivity (Wildman–Crippen MR) is 168 cm³/mol. The molecule has 0 spiro atoms. The van der Waals surface area contributed by atoms with Gasteiger partial charge in [-0.3, -0.25) is 0 Å². The molecule has 0 bridgehead atoms. The van der Waals surface area contributed by atoms with Gasteiger partial charge >= 0.3 is 0 Å². The molecule has 4 N–H and O–H groups in total. The zero-order chi connectivity index (χ0) is 28.8. The minimum atomic E-state index is -1.87. The smallest absolute Gasteiger partial charge is 0.127 e. The van der Waals surface area contributed by atoms with E-state index < -0.39 is 30.8 Å². The summed E-state index contributed by atoms with van der Waals surface area (Å²) in [5.74, 6) is 0. The molecule has 0 aliphatic carbocycles. The van der Waals surface area contributed by atoms with Crippen LogP contribution in [0.1, 0.15) is 116 Å². The van der Waals surface area contributed by atoms with Crippen LogP contribution in [0.4, 0.5) is 0 Å². The molecule has 0 heterocycles. The summed E-state index contributed by atoms with van der Waals surface area (Å²) in [4.78, 5) is 0. The van der Waals surface area contributed by atoms with E-state index in [0.29, 0.717) is 11.1 Å². The summed E-state index contributed by atoms with van der Waals surface area (Å²) in [7, 11) is 0. The third kappa shape index (κ3) is 7.32. The first-order chi connectivity index (χ1) is 16.6. The van der Waals surface area contributed by atoms with Crippen molar-refractivity contribution in [3.8, 4) is 0 Å². The highest BCUT2D eigenvalue weighted by Crippen LogP contribution is 2.51. The topological polar surface area (TPSA) is 80.9 Å². The van der Waals surface area contributed by atoms with Gasteiger partial charge in [0.2, 0.25) is 0 Å². The molecule has 2 aromatic rings. The lowest BCUT2D eigenvalue weighted by Gasteiger charge is -2.49. The molecule has 0 saturated heterocycles. The normalized spacial score (nSPS) is 13.5. The summed E-state index contributed by atoms with van der Waals surface area (Å²) >= 11 is 0. The molecule has 0 aliphatic heterocycles. The van der Waals surface area contributed by atoms with E-state index in [2.05, 4.69) is 95.2 Å². The van der Waals surface area contributed by atoms with E-state index in [4.69, 9.17) is 0 Å². The molecule has 0 aromatic heterocycles. The van der Waals surface area contributed by atoms with E-state index >= 15 is 0 Å². The highest BCUT2D eigenvalue weighted by molar-refractivity contribution is 6.92. The van der Waals surface area contributed by atoms with Crippen LogP contribution in [0.25, 0.3) is 0 Å². The summed E-state index contributed by atoms with van der Waals surface area (Å²) in [6, 6.07) is 12.2. The monoisotopic (exact) mass is 574 g/mol. The fourth-order valence-corrected chi connectivity index (χ4v) is 5.10. The highest BCUT2D eigenvalue weighted by Gasteiger charge is 2.55. The van der Waals surface area contributed by atoms with Crippen LogP contribution < -0.4 is 0 Å². The lowest BCUT2D eigenvalue weighted by atomic mass is 9.60.